The number of carbonyl (C=O) groups excluding carboxylic acids is 2. The van der Waals surface area contributed by atoms with Crippen molar-refractivity contribution in [3.8, 4) is 0 Å². The number of cyclic esters (lactones) is 2. The van der Waals surface area contributed by atoms with Crippen molar-refractivity contribution >= 4 is 11.9 Å². The van der Waals surface area contributed by atoms with Gasteiger partial charge in [-0.2, -0.15) is 0 Å². The fraction of sp³-hybridized carbons (Fsp3) is 0.500. The van der Waals surface area contributed by atoms with E-state index in [1.807, 2.05) is 13.8 Å². The van der Waals surface area contributed by atoms with Gasteiger partial charge in [0.25, 0.3) is 0 Å². The predicted octanol–water partition coefficient (Wildman–Crippen LogP) is 0.261. The zero-order chi connectivity index (χ0) is 9.56. The number of hydrogen-bond acceptors (Lipinski definition) is 4. The van der Waals surface area contributed by atoms with E-state index in [-0.39, 0.29) is 0 Å². The lowest BCUT2D eigenvalue weighted by Crippen LogP contribution is -1.96. The van der Waals surface area contributed by atoms with E-state index >= 15 is 0 Å². The van der Waals surface area contributed by atoms with Gasteiger partial charge in [-0.05, 0) is 5.92 Å². The van der Waals surface area contributed by atoms with E-state index in [0.717, 1.165) is 12.2 Å². The second-order valence-corrected chi connectivity index (χ2v) is 2.65. The molecule has 1 aliphatic heterocycles. The van der Waals surface area contributed by atoms with E-state index in [1.165, 1.54) is 0 Å². The minimum atomic E-state index is -0.579. The number of aliphatic hydroxyl groups excluding tert-OH is 1. The van der Waals surface area contributed by atoms with Crippen LogP contribution in [0, 0.1) is 5.92 Å². The van der Waals surface area contributed by atoms with Crippen molar-refractivity contribution in [1.29, 1.82) is 0 Å². The molecule has 0 saturated heterocycles. The molecule has 0 spiro atoms. The van der Waals surface area contributed by atoms with E-state index in [0.29, 0.717) is 12.5 Å². The summed E-state index contributed by atoms with van der Waals surface area (Å²) >= 11 is 0. The Morgan fingerprint density at radius 2 is 1.67 bits per heavy atom. The number of hydrogen-bond donors (Lipinski definition) is 1. The molecule has 4 heteroatoms. The minimum absolute atomic E-state index is 0.306. The van der Waals surface area contributed by atoms with Crippen LogP contribution in [0.4, 0.5) is 0 Å². The largest absolute Gasteiger partial charge is 0.396 e. The fourth-order valence-corrected chi connectivity index (χ4v) is 0.303. The van der Waals surface area contributed by atoms with Gasteiger partial charge >= 0.3 is 11.9 Å². The van der Waals surface area contributed by atoms with Crippen molar-refractivity contribution < 1.29 is 19.4 Å². The molecule has 0 fully saturated rings. The van der Waals surface area contributed by atoms with E-state index < -0.39 is 11.9 Å². The number of carbonyl (C=O) groups is 2. The summed E-state index contributed by atoms with van der Waals surface area (Å²) in [5, 5.41) is 8.14. The molecule has 0 aliphatic carbocycles. The second-order valence-electron chi connectivity index (χ2n) is 2.65. The third kappa shape index (κ3) is 5.61. The highest BCUT2D eigenvalue weighted by Gasteiger charge is 2.10. The van der Waals surface area contributed by atoms with Gasteiger partial charge in [0.2, 0.25) is 0 Å². The van der Waals surface area contributed by atoms with Crippen LogP contribution in [0.2, 0.25) is 0 Å². The Labute approximate surface area is 70.8 Å². The van der Waals surface area contributed by atoms with Crippen LogP contribution >= 0.6 is 0 Å². The summed E-state index contributed by atoms with van der Waals surface area (Å²) in [6.45, 7) is 4.25. The van der Waals surface area contributed by atoms with Gasteiger partial charge < -0.3 is 9.84 Å². The van der Waals surface area contributed by atoms with Crippen LogP contribution < -0.4 is 0 Å². The monoisotopic (exact) mass is 172 g/mol. The van der Waals surface area contributed by atoms with Crippen LogP contribution in [-0.4, -0.2) is 23.7 Å². The van der Waals surface area contributed by atoms with Crippen molar-refractivity contribution in [3.05, 3.63) is 12.2 Å². The Hall–Kier alpha value is -1.16. The summed E-state index contributed by atoms with van der Waals surface area (Å²) in [5.74, 6) is -0.718. The van der Waals surface area contributed by atoms with Gasteiger partial charge in [-0.1, -0.05) is 13.8 Å². The molecule has 1 rings (SSSR count). The maximum Gasteiger partial charge on any atom is 0.338 e. The van der Waals surface area contributed by atoms with E-state index in [4.69, 9.17) is 5.11 Å². The van der Waals surface area contributed by atoms with Crippen LogP contribution in [0.1, 0.15) is 13.8 Å². The average Bonchev–Trinajstić information content (AvgIpc) is 2.36. The summed E-state index contributed by atoms with van der Waals surface area (Å²) in [4.78, 5) is 19.8. The van der Waals surface area contributed by atoms with Gasteiger partial charge in [-0.3, -0.25) is 0 Å². The maximum atomic E-state index is 9.92. The Morgan fingerprint density at radius 3 is 1.75 bits per heavy atom. The van der Waals surface area contributed by atoms with Crippen LogP contribution in [0.15, 0.2) is 12.2 Å². The molecule has 0 unspecified atom stereocenters. The van der Waals surface area contributed by atoms with E-state index in [9.17, 15) is 9.59 Å². The highest BCUT2D eigenvalue weighted by molar-refractivity contribution is 6.04. The first-order valence-electron chi connectivity index (χ1n) is 3.61. The van der Waals surface area contributed by atoms with Gasteiger partial charge in [0.15, 0.2) is 0 Å². The SMILES string of the molecule is CC(C)CO.O=C1C=CC(=O)O1. The Morgan fingerprint density at radius 1 is 1.33 bits per heavy atom. The lowest BCUT2D eigenvalue weighted by Gasteiger charge is -1.90. The first-order chi connectivity index (χ1) is 5.56. The van der Waals surface area contributed by atoms with Gasteiger partial charge in [-0.25, -0.2) is 9.59 Å². The number of aliphatic hydroxyl groups is 1. The van der Waals surface area contributed by atoms with Crippen molar-refractivity contribution in [1.82, 2.24) is 0 Å². The number of rotatable bonds is 1. The fourth-order valence-electron chi connectivity index (χ4n) is 0.303. The minimum Gasteiger partial charge on any atom is -0.396 e. The van der Waals surface area contributed by atoms with Crippen molar-refractivity contribution in [2.24, 2.45) is 5.92 Å². The number of esters is 2. The van der Waals surface area contributed by atoms with Crippen molar-refractivity contribution in [2.75, 3.05) is 6.61 Å². The van der Waals surface area contributed by atoms with Crippen molar-refractivity contribution in [2.45, 2.75) is 13.8 Å². The van der Waals surface area contributed by atoms with Crippen LogP contribution in [0.25, 0.3) is 0 Å². The molecule has 0 amide bonds. The molecule has 0 aromatic rings. The quantitative estimate of drug-likeness (QED) is 0.455. The number of ether oxygens (including phenoxy) is 1. The summed E-state index contributed by atoms with van der Waals surface area (Å²) in [7, 11) is 0. The van der Waals surface area contributed by atoms with Crippen LogP contribution in [0.5, 0.6) is 0 Å². The summed E-state index contributed by atoms with van der Waals surface area (Å²) < 4.78 is 3.97. The first-order valence-corrected chi connectivity index (χ1v) is 3.61. The summed E-state index contributed by atoms with van der Waals surface area (Å²) in [6.07, 6.45) is 2.17. The molecule has 1 N–H and O–H groups in total. The molecular weight excluding hydrogens is 160 g/mol. The smallest absolute Gasteiger partial charge is 0.338 e. The highest BCUT2D eigenvalue weighted by atomic mass is 16.6. The Kier molecular flexibility index (Phi) is 4.96. The lowest BCUT2D eigenvalue weighted by atomic mass is 10.2. The molecule has 0 aromatic heterocycles. The molecule has 0 aromatic carbocycles. The first kappa shape index (κ1) is 10.8. The molecule has 12 heavy (non-hydrogen) atoms. The van der Waals surface area contributed by atoms with Gasteiger partial charge in [0, 0.05) is 18.8 Å². The molecule has 1 heterocycles. The highest BCUT2D eigenvalue weighted by Crippen LogP contribution is 1.92. The van der Waals surface area contributed by atoms with E-state index in [1.54, 1.807) is 0 Å². The van der Waals surface area contributed by atoms with Gasteiger partial charge in [0.1, 0.15) is 0 Å². The van der Waals surface area contributed by atoms with Crippen molar-refractivity contribution in [3.63, 3.8) is 0 Å². The molecule has 4 nitrogen and oxygen atoms in total. The molecule has 0 radical (unpaired) electrons. The van der Waals surface area contributed by atoms with Crippen LogP contribution in [-0.2, 0) is 14.3 Å². The van der Waals surface area contributed by atoms with Gasteiger partial charge in [-0.15, -0.1) is 0 Å². The topological polar surface area (TPSA) is 63.6 Å². The third-order valence-corrected chi connectivity index (χ3v) is 0.922. The molecule has 0 bridgehead atoms. The third-order valence-electron chi connectivity index (χ3n) is 0.922. The molecule has 1 aliphatic rings. The zero-order valence-electron chi connectivity index (χ0n) is 7.11. The second kappa shape index (κ2) is 5.49. The normalized spacial score (nSPS) is 14.3. The average molecular weight is 172 g/mol. The molecular formula is C8H12O4. The maximum absolute atomic E-state index is 9.92. The van der Waals surface area contributed by atoms with Gasteiger partial charge in [0.05, 0.1) is 0 Å². The zero-order valence-corrected chi connectivity index (χ0v) is 7.11. The van der Waals surface area contributed by atoms with E-state index in [2.05, 4.69) is 4.74 Å². The predicted molar refractivity (Wildman–Crippen MR) is 42.2 cm³/mol. The standard InChI is InChI=1S/C4H2O3.C4H10O/c5-3-1-2-4(6)7-3;1-4(2)3-5/h1-2H;4-5H,3H2,1-2H3. The lowest BCUT2D eigenvalue weighted by molar-refractivity contribution is -0.150. The molecule has 0 atom stereocenters. The Balaban J connectivity index is 0.000000217. The molecule has 0 saturated carbocycles. The summed E-state index contributed by atoms with van der Waals surface area (Å²) in [5.41, 5.74) is 0. The molecule has 68 valence electrons. The summed E-state index contributed by atoms with van der Waals surface area (Å²) in [6, 6.07) is 0. The van der Waals surface area contributed by atoms with Crippen LogP contribution in [0.3, 0.4) is 0 Å². The Bertz CT molecular complexity index is 177.